The van der Waals surface area contributed by atoms with E-state index in [4.69, 9.17) is 4.74 Å². The highest BCUT2D eigenvalue weighted by molar-refractivity contribution is 6.18. The monoisotopic (exact) mass is 567 g/mol. The fraction of sp³-hybridized carbons (Fsp3) is 0.622. The van der Waals surface area contributed by atoms with Gasteiger partial charge < -0.3 is 14.4 Å². The molecule has 0 saturated heterocycles. The van der Waals surface area contributed by atoms with Gasteiger partial charge in [0.15, 0.2) is 5.78 Å². The Labute approximate surface area is 249 Å². The topological polar surface area (TPSA) is 68.5 Å². The standard InChI is InChI=1S/C37H45NO4/c1-17(2)29-32(41)27-26-20(23-16-34(4,5)42-35(6,7)28(23)31(26)40)15-21-22-14-19-10-11-24-18(3)25(39)12-13-36(24,8)37(19,9)33(22)38(29)30(21)27/h15-16,18-19,24,28-29,31,40H,1,10-14H2,2-9H3/t18-,19?,24?,28?,29+,31?,36+,37-/m1/s1. The zero-order valence-electron chi connectivity index (χ0n) is 26.5. The molecule has 1 aromatic heterocycles. The van der Waals surface area contributed by atoms with E-state index in [1.165, 1.54) is 16.6 Å². The zero-order valence-corrected chi connectivity index (χ0v) is 26.5. The van der Waals surface area contributed by atoms with Crippen molar-refractivity contribution in [3.05, 3.63) is 52.2 Å². The summed E-state index contributed by atoms with van der Waals surface area (Å²) < 4.78 is 8.86. The first-order valence-corrected chi connectivity index (χ1v) is 16.1. The number of carbonyl (C=O) groups is 2. The van der Waals surface area contributed by atoms with Gasteiger partial charge in [-0.05, 0) is 106 Å². The maximum absolute atomic E-state index is 14.6. The highest BCUT2D eigenvalue weighted by Gasteiger charge is 2.65. The lowest BCUT2D eigenvalue weighted by Gasteiger charge is -2.60. The van der Waals surface area contributed by atoms with Crippen LogP contribution >= 0.6 is 0 Å². The van der Waals surface area contributed by atoms with Gasteiger partial charge in [-0.3, -0.25) is 9.59 Å². The van der Waals surface area contributed by atoms with Gasteiger partial charge in [0.1, 0.15) is 11.8 Å². The smallest absolute Gasteiger partial charge is 0.192 e. The van der Waals surface area contributed by atoms with Gasteiger partial charge in [-0.2, -0.15) is 0 Å². The van der Waals surface area contributed by atoms with E-state index in [0.717, 1.165) is 53.5 Å². The van der Waals surface area contributed by atoms with Crippen molar-refractivity contribution in [2.75, 3.05) is 0 Å². The Hall–Kier alpha value is -2.50. The van der Waals surface area contributed by atoms with Crippen LogP contribution in [0.1, 0.15) is 126 Å². The predicted molar refractivity (Wildman–Crippen MR) is 165 cm³/mol. The molecule has 42 heavy (non-hydrogen) atoms. The molecule has 6 aliphatic rings. The van der Waals surface area contributed by atoms with Crippen LogP contribution < -0.4 is 0 Å². The number of ether oxygens (including phenoxy) is 1. The molecule has 222 valence electrons. The normalized spacial score (nSPS) is 40.4. The van der Waals surface area contributed by atoms with Gasteiger partial charge in [-0.25, -0.2) is 0 Å². The number of hydrogen-bond donors (Lipinski definition) is 1. The summed E-state index contributed by atoms with van der Waals surface area (Å²) in [6, 6.07) is 1.85. The summed E-state index contributed by atoms with van der Waals surface area (Å²) in [4.78, 5) is 27.6. The molecule has 2 aromatic rings. The van der Waals surface area contributed by atoms with E-state index < -0.39 is 23.3 Å². The number of aromatic nitrogens is 1. The zero-order chi connectivity index (χ0) is 30.0. The Kier molecular flexibility index (Phi) is 5.01. The van der Waals surface area contributed by atoms with Crippen molar-refractivity contribution in [2.24, 2.45) is 29.1 Å². The van der Waals surface area contributed by atoms with E-state index in [1.54, 1.807) is 0 Å². The molecule has 5 heteroatoms. The van der Waals surface area contributed by atoms with E-state index in [1.807, 2.05) is 6.92 Å². The minimum Gasteiger partial charge on any atom is -0.388 e. The van der Waals surface area contributed by atoms with Crippen molar-refractivity contribution in [1.29, 1.82) is 0 Å². The molecule has 1 aromatic carbocycles. The number of benzene rings is 1. The molecule has 0 spiro atoms. The summed E-state index contributed by atoms with van der Waals surface area (Å²) in [5, 5.41) is 13.2. The lowest BCUT2D eigenvalue weighted by molar-refractivity contribution is -0.143. The minimum atomic E-state index is -0.812. The van der Waals surface area contributed by atoms with Gasteiger partial charge in [0.25, 0.3) is 0 Å². The Morgan fingerprint density at radius 3 is 2.52 bits per heavy atom. The van der Waals surface area contributed by atoms with Gasteiger partial charge in [0, 0.05) is 40.3 Å². The second-order valence-corrected chi connectivity index (χ2v) is 16.2. The van der Waals surface area contributed by atoms with Crippen LogP contribution in [-0.4, -0.2) is 32.4 Å². The second kappa shape index (κ2) is 7.77. The molecule has 4 unspecified atom stereocenters. The number of fused-ring (bicyclic) bond motifs is 11. The Balaban J connectivity index is 1.45. The molecule has 0 radical (unpaired) electrons. The van der Waals surface area contributed by atoms with E-state index >= 15 is 0 Å². The summed E-state index contributed by atoms with van der Waals surface area (Å²) in [6.45, 7) is 21.7. The number of Topliss-reactive ketones (excluding diaryl/α,β-unsaturated/α-hetero) is 2. The second-order valence-electron chi connectivity index (χ2n) is 16.2. The fourth-order valence-corrected chi connectivity index (χ4v) is 11.6. The quantitative estimate of drug-likeness (QED) is 0.364. The SMILES string of the molecule is C=C(C)[C@H]1C(=O)c2c3c(cc4c5c(n1c24)[C@@]1(C)C(CCC2[C@@H](C)C(=O)CC[C@@]21C)C5)C1=CC(C)(C)OC(C)(C)C1C3O. The van der Waals surface area contributed by atoms with Gasteiger partial charge in [-0.15, -0.1) is 0 Å². The Bertz CT molecular complexity index is 1700. The number of aliphatic hydroxyl groups is 1. The van der Waals surface area contributed by atoms with Crippen molar-refractivity contribution < 1.29 is 19.4 Å². The third-order valence-corrected chi connectivity index (χ3v) is 13.3. The number of carbonyl (C=O) groups excluding carboxylic acids is 2. The summed E-state index contributed by atoms with van der Waals surface area (Å²) >= 11 is 0. The van der Waals surface area contributed by atoms with Gasteiger partial charge in [0.2, 0.25) is 0 Å². The van der Waals surface area contributed by atoms with E-state index in [-0.39, 0.29) is 28.4 Å². The van der Waals surface area contributed by atoms with Crippen molar-refractivity contribution in [3.63, 3.8) is 0 Å². The molecule has 0 bridgehead atoms. The molecule has 2 aliphatic heterocycles. The number of rotatable bonds is 1. The summed E-state index contributed by atoms with van der Waals surface area (Å²) in [5.41, 5.74) is 6.91. The number of hydrogen-bond acceptors (Lipinski definition) is 4. The van der Waals surface area contributed by atoms with Crippen molar-refractivity contribution in [3.8, 4) is 0 Å². The molecular weight excluding hydrogens is 522 g/mol. The molecule has 0 amide bonds. The third kappa shape index (κ3) is 2.85. The average Bonchev–Trinajstić information content (AvgIpc) is 3.54. The number of nitrogens with zero attached hydrogens (tertiary/aromatic N) is 1. The van der Waals surface area contributed by atoms with Crippen molar-refractivity contribution in [2.45, 2.75) is 116 Å². The maximum Gasteiger partial charge on any atom is 0.192 e. The van der Waals surface area contributed by atoms with Gasteiger partial charge >= 0.3 is 0 Å². The molecule has 8 rings (SSSR count). The summed E-state index contributed by atoms with van der Waals surface area (Å²) in [6.07, 6.45) is 6.12. The number of allylic oxidation sites excluding steroid dienone is 1. The van der Waals surface area contributed by atoms with Crippen molar-refractivity contribution >= 4 is 28.0 Å². The van der Waals surface area contributed by atoms with E-state index in [9.17, 15) is 14.7 Å². The third-order valence-electron chi connectivity index (χ3n) is 13.3. The molecule has 1 N–H and O–H groups in total. The summed E-state index contributed by atoms with van der Waals surface area (Å²) in [5.74, 6) is 1.15. The van der Waals surface area contributed by atoms with Gasteiger partial charge in [-0.1, -0.05) is 32.9 Å². The molecule has 3 heterocycles. The van der Waals surface area contributed by atoms with E-state index in [2.05, 4.69) is 71.8 Å². The first-order valence-electron chi connectivity index (χ1n) is 16.1. The van der Waals surface area contributed by atoms with Crippen LogP contribution in [0.4, 0.5) is 0 Å². The summed E-state index contributed by atoms with van der Waals surface area (Å²) in [7, 11) is 0. The van der Waals surface area contributed by atoms with Crippen LogP contribution in [0.3, 0.4) is 0 Å². The molecule has 4 aliphatic carbocycles. The van der Waals surface area contributed by atoms with Crippen LogP contribution in [0.15, 0.2) is 24.3 Å². The van der Waals surface area contributed by atoms with Crippen LogP contribution in [-0.2, 0) is 21.4 Å². The molecule has 8 atom stereocenters. The van der Waals surface area contributed by atoms with E-state index in [0.29, 0.717) is 29.6 Å². The lowest BCUT2D eigenvalue weighted by Crippen LogP contribution is -2.58. The molecular formula is C37H45NO4. The highest BCUT2D eigenvalue weighted by atomic mass is 16.5. The molecule has 5 nitrogen and oxygen atoms in total. The largest absolute Gasteiger partial charge is 0.388 e. The van der Waals surface area contributed by atoms with Crippen LogP contribution in [0, 0.1) is 29.1 Å². The molecule has 2 saturated carbocycles. The first-order chi connectivity index (χ1) is 19.5. The predicted octanol–water partition coefficient (Wildman–Crippen LogP) is 7.43. The Morgan fingerprint density at radius 1 is 1.12 bits per heavy atom. The molecule has 2 fully saturated rings. The van der Waals surface area contributed by atoms with Crippen LogP contribution in [0.2, 0.25) is 0 Å². The van der Waals surface area contributed by atoms with Crippen LogP contribution in [0.25, 0.3) is 16.5 Å². The maximum atomic E-state index is 14.6. The lowest BCUT2D eigenvalue weighted by atomic mass is 9.44. The fourth-order valence-electron chi connectivity index (χ4n) is 11.6. The minimum absolute atomic E-state index is 0.0293. The average molecular weight is 568 g/mol. The van der Waals surface area contributed by atoms with Crippen LogP contribution in [0.5, 0.6) is 0 Å². The number of ketones is 2. The first kappa shape index (κ1) is 27.1. The number of aliphatic hydroxyl groups excluding tert-OH is 1. The van der Waals surface area contributed by atoms with Gasteiger partial charge in [0.05, 0.1) is 28.4 Å². The van der Waals surface area contributed by atoms with Crippen molar-refractivity contribution in [1.82, 2.24) is 4.57 Å². The Morgan fingerprint density at radius 2 is 1.83 bits per heavy atom. The highest BCUT2D eigenvalue weighted by Crippen LogP contribution is 2.69.